The predicted molar refractivity (Wildman–Crippen MR) is 92.6 cm³/mol. The van der Waals surface area contributed by atoms with Crippen molar-refractivity contribution in [3.8, 4) is 11.5 Å². The molecule has 0 fully saturated rings. The van der Waals surface area contributed by atoms with Crippen LogP contribution in [0.25, 0.3) is 6.08 Å². The van der Waals surface area contributed by atoms with E-state index in [1.807, 2.05) is 0 Å². The number of anilines is 1. The second-order valence-electron chi connectivity index (χ2n) is 5.11. The Morgan fingerprint density at radius 3 is 2.68 bits per heavy atom. The van der Waals surface area contributed by atoms with E-state index in [0.29, 0.717) is 22.2 Å². The molecule has 1 N–H and O–H groups in total. The Kier molecular flexibility index (Phi) is 5.20. The summed E-state index contributed by atoms with van der Waals surface area (Å²) in [5.74, 6) is 0.111. The zero-order valence-electron chi connectivity index (χ0n) is 13.0. The molecule has 128 valence electrons. The maximum Gasteiger partial charge on any atom is 0.331 e. The molecule has 0 aromatic heterocycles. The molecule has 0 saturated carbocycles. The number of carbonyl (C=O) groups is 2. The van der Waals surface area contributed by atoms with E-state index in [0.717, 1.165) is 5.56 Å². The third-order valence-electron chi connectivity index (χ3n) is 3.28. The van der Waals surface area contributed by atoms with Crippen molar-refractivity contribution in [3.63, 3.8) is 0 Å². The molecular formula is C18H14ClNO5. The fraction of sp³-hybridized carbons (Fsp3) is 0.111. The van der Waals surface area contributed by atoms with E-state index in [2.05, 4.69) is 5.32 Å². The summed E-state index contributed by atoms with van der Waals surface area (Å²) < 4.78 is 15.3. The fourth-order valence-electron chi connectivity index (χ4n) is 2.09. The van der Waals surface area contributed by atoms with Crippen LogP contribution in [-0.4, -0.2) is 25.3 Å². The van der Waals surface area contributed by atoms with Gasteiger partial charge >= 0.3 is 5.97 Å². The lowest BCUT2D eigenvalue weighted by molar-refractivity contribution is -0.142. The van der Waals surface area contributed by atoms with Gasteiger partial charge in [-0.05, 0) is 35.9 Å². The van der Waals surface area contributed by atoms with Gasteiger partial charge in [0.05, 0.1) is 0 Å². The first-order valence-corrected chi connectivity index (χ1v) is 7.78. The number of esters is 1. The zero-order chi connectivity index (χ0) is 17.6. The molecule has 7 heteroatoms. The molecule has 0 saturated heterocycles. The predicted octanol–water partition coefficient (Wildman–Crippen LogP) is 3.26. The first-order valence-electron chi connectivity index (χ1n) is 7.40. The Morgan fingerprint density at radius 1 is 1.12 bits per heavy atom. The summed E-state index contributed by atoms with van der Waals surface area (Å²) in [6.45, 7) is -0.234. The van der Waals surface area contributed by atoms with Crippen LogP contribution in [0.2, 0.25) is 5.02 Å². The number of benzene rings is 2. The molecule has 0 unspecified atom stereocenters. The van der Waals surface area contributed by atoms with Gasteiger partial charge < -0.3 is 19.5 Å². The van der Waals surface area contributed by atoms with Crippen LogP contribution in [0.5, 0.6) is 11.5 Å². The van der Waals surface area contributed by atoms with Gasteiger partial charge in [-0.2, -0.15) is 0 Å². The molecule has 1 amide bonds. The second kappa shape index (κ2) is 7.72. The van der Waals surface area contributed by atoms with Gasteiger partial charge in [-0.15, -0.1) is 0 Å². The first-order chi connectivity index (χ1) is 12.1. The van der Waals surface area contributed by atoms with Gasteiger partial charge in [-0.3, -0.25) is 4.79 Å². The molecule has 0 spiro atoms. The molecule has 0 aliphatic carbocycles. The summed E-state index contributed by atoms with van der Waals surface area (Å²) in [6, 6.07) is 12.0. The van der Waals surface area contributed by atoms with Gasteiger partial charge in [0, 0.05) is 22.9 Å². The van der Waals surface area contributed by atoms with Crippen molar-refractivity contribution < 1.29 is 23.8 Å². The summed E-state index contributed by atoms with van der Waals surface area (Å²) in [7, 11) is 0. The number of ether oxygens (including phenoxy) is 3. The van der Waals surface area contributed by atoms with E-state index >= 15 is 0 Å². The normalized spacial score (nSPS) is 12.2. The van der Waals surface area contributed by atoms with E-state index in [4.69, 9.17) is 25.8 Å². The van der Waals surface area contributed by atoms with E-state index in [1.54, 1.807) is 48.5 Å². The Hall–Kier alpha value is -2.99. The fourth-order valence-corrected chi connectivity index (χ4v) is 2.22. The summed E-state index contributed by atoms with van der Waals surface area (Å²) in [5, 5.41) is 3.23. The molecule has 1 aliphatic rings. The number of hydrogen-bond donors (Lipinski definition) is 1. The molecule has 2 aromatic rings. The van der Waals surface area contributed by atoms with Crippen LogP contribution in [-0.2, 0) is 14.3 Å². The van der Waals surface area contributed by atoms with Crippen LogP contribution >= 0.6 is 11.6 Å². The lowest BCUT2D eigenvalue weighted by Gasteiger charge is -2.06. The standard InChI is InChI=1S/C18H14ClNO5/c19-13-4-1-12(2-5-13)3-8-18(22)23-10-17(21)20-14-6-7-15-16(9-14)25-11-24-15/h1-9H,10-11H2,(H,20,21). The summed E-state index contributed by atoms with van der Waals surface area (Å²) >= 11 is 5.78. The highest BCUT2D eigenvalue weighted by molar-refractivity contribution is 6.30. The molecule has 1 aliphatic heterocycles. The van der Waals surface area contributed by atoms with Crippen molar-refractivity contribution in [2.24, 2.45) is 0 Å². The van der Waals surface area contributed by atoms with Gasteiger partial charge in [0.2, 0.25) is 6.79 Å². The summed E-state index contributed by atoms with van der Waals surface area (Å²) in [5.41, 5.74) is 1.33. The molecular weight excluding hydrogens is 346 g/mol. The number of hydrogen-bond acceptors (Lipinski definition) is 5. The highest BCUT2D eigenvalue weighted by Gasteiger charge is 2.14. The Morgan fingerprint density at radius 2 is 1.88 bits per heavy atom. The number of nitrogens with one attached hydrogen (secondary N) is 1. The van der Waals surface area contributed by atoms with E-state index in [1.165, 1.54) is 6.08 Å². The largest absolute Gasteiger partial charge is 0.454 e. The average molecular weight is 360 g/mol. The third kappa shape index (κ3) is 4.74. The maximum absolute atomic E-state index is 11.8. The van der Waals surface area contributed by atoms with Gasteiger partial charge in [0.15, 0.2) is 18.1 Å². The smallest absolute Gasteiger partial charge is 0.331 e. The van der Waals surface area contributed by atoms with Crippen molar-refractivity contribution >= 4 is 35.2 Å². The minimum atomic E-state index is -0.615. The number of rotatable bonds is 5. The van der Waals surface area contributed by atoms with Crippen molar-refractivity contribution in [2.75, 3.05) is 18.7 Å². The van der Waals surface area contributed by atoms with Crippen LogP contribution < -0.4 is 14.8 Å². The molecule has 1 heterocycles. The van der Waals surface area contributed by atoms with E-state index < -0.39 is 18.5 Å². The van der Waals surface area contributed by atoms with E-state index in [-0.39, 0.29) is 6.79 Å². The van der Waals surface area contributed by atoms with Crippen molar-refractivity contribution in [2.45, 2.75) is 0 Å². The first kappa shape index (κ1) is 16.9. The minimum Gasteiger partial charge on any atom is -0.454 e. The highest BCUT2D eigenvalue weighted by Crippen LogP contribution is 2.34. The lowest BCUT2D eigenvalue weighted by atomic mass is 10.2. The molecule has 3 rings (SSSR count). The van der Waals surface area contributed by atoms with Gasteiger partial charge in [0.1, 0.15) is 0 Å². The van der Waals surface area contributed by atoms with Gasteiger partial charge in [0.25, 0.3) is 5.91 Å². The van der Waals surface area contributed by atoms with Gasteiger partial charge in [-0.1, -0.05) is 23.7 Å². The van der Waals surface area contributed by atoms with Crippen LogP contribution in [0, 0.1) is 0 Å². The van der Waals surface area contributed by atoms with Crippen LogP contribution in [0.15, 0.2) is 48.5 Å². The Labute approximate surface area is 148 Å². The number of carbonyl (C=O) groups excluding carboxylic acids is 2. The zero-order valence-corrected chi connectivity index (χ0v) is 13.8. The topological polar surface area (TPSA) is 73.9 Å². The van der Waals surface area contributed by atoms with E-state index in [9.17, 15) is 9.59 Å². The second-order valence-corrected chi connectivity index (χ2v) is 5.55. The Bertz CT molecular complexity index is 817. The number of fused-ring (bicyclic) bond motifs is 1. The third-order valence-corrected chi connectivity index (χ3v) is 3.54. The maximum atomic E-state index is 11.8. The molecule has 6 nitrogen and oxygen atoms in total. The lowest BCUT2D eigenvalue weighted by Crippen LogP contribution is -2.20. The number of halogens is 1. The minimum absolute atomic E-state index is 0.157. The van der Waals surface area contributed by atoms with Crippen molar-refractivity contribution in [1.29, 1.82) is 0 Å². The average Bonchev–Trinajstić information content (AvgIpc) is 3.07. The Balaban J connectivity index is 1.47. The SMILES string of the molecule is O=C(COC(=O)C=Cc1ccc(Cl)cc1)Nc1ccc2c(c1)OCO2. The highest BCUT2D eigenvalue weighted by atomic mass is 35.5. The number of amides is 1. The van der Waals surface area contributed by atoms with Crippen LogP contribution in [0.1, 0.15) is 5.56 Å². The molecule has 0 atom stereocenters. The summed E-state index contributed by atoms with van der Waals surface area (Å²) in [6.07, 6.45) is 2.82. The van der Waals surface area contributed by atoms with Gasteiger partial charge in [-0.25, -0.2) is 4.79 Å². The molecule has 25 heavy (non-hydrogen) atoms. The summed E-state index contributed by atoms with van der Waals surface area (Å²) in [4.78, 5) is 23.5. The van der Waals surface area contributed by atoms with Crippen molar-refractivity contribution in [3.05, 3.63) is 59.1 Å². The monoisotopic (exact) mass is 359 g/mol. The van der Waals surface area contributed by atoms with Crippen molar-refractivity contribution in [1.82, 2.24) is 0 Å². The molecule has 2 aromatic carbocycles. The molecule has 0 bridgehead atoms. The quantitative estimate of drug-likeness (QED) is 0.655. The van der Waals surface area contributed by atoms with Crippen LogP contribution in [0.4, 0.5) is 5.69 Å². The molecule has 0 radical (unpaired) electrons. The van der Waals surface area contributed by atoms with Crippen LogP contribution in [0.3, 0.4) is 0 Å².